The Hall–Kier alpha value is -1.83. The van der Waals surface area contributed by atoms with Gasteiger partial charge in [-0.2, -0.15) is 5.06 Å². The molecule has 1 fully saturated rings. The van der Waals surface area contributed by atoms with Crippen molar-refractivity contribution in [3.8, 4) is 12.3 Å². The predicted octanol–water partition coefficient (Wildman–Crippen LogP) is 3.33. The molecule has 0 atom stereocenters. The molecule has 132 valence electrons. The standard InChI is InChI=1S/C20H30N2O2/c1-8-16(4)18(17(5)9-2)15-19(23)21(6)20(10-3)11-13-22(24-7)14-12-20/h3,8-9H,1,11-15H2,2,4-7H3/b17-9-,18-16-. The molecule has 0 aromatic heterocycles. The van der Waals surface area contributed by atoms with Gasteiger partial charge in [-0.25, -0.2) is 0 Å². The number of carbonyl (C=O) groups is 1. The van der Waals surface area contributed by atoms with Crippen LogP contribution in [0.1, 0.15) is 40.0 Å². The molecule has 0 bridgehead atoms. The van der Waals surface area contributed by atoms with Crippen LogP contribution in [-0.2, 0) is 9.63 Å². The Bertz CT molecular complexity index is 573. The minimum Gasteiger partial charge on any atom is -0.329 e. The van der Waals surface area contributed by atoms with Crippen LogP contribution in [0.4, 0.5) is 0 Å². The molecule has 0 spiro atoms. The molecule has 0 aromatic rings. The molecule has 0 unspecified atom stereocenters. The van der Waals surface area contributed by atoms with E-state index in [1.807, 2.05) is 39.0 Å². The molecule has 1 amide bonds. The molecule has 1 aliphatic heterocycles. The van der Waals surface area contributed by atoms with E-state index < -0.39 is 5.54 Å². The van der Waals surface area contributed by atoms with E-state index in [0.717, 1.165) is 29.8 Å². The number of carbonyl (C=O) groups excluding carboxylic acids is 1. The van der Waals surface area contributed by atoms with Gasteiger partial charge in [-0.05, 0) is 44.8 Å². The number of nitrogens with zero attached hydrogens (tertiary/aromatic N) is 2. The van der Waals surface area contributed by atoms with E-state index in [1.165, 1.54) is 0 Å². The van der Waals surface area contributed by atoms with Gasteiger partial charge < -0.3 is 9.74 Å². The van der Waals surface area contributed by atoms with Crippen LogP contribution in [0.5, 0.6) is 0 Å². The molecule has 24 heavy (non-hydrogen) atoms. The van der Waals surface area contributed by atoms with Crippen molar-refractivity contribution in [2.24, 2.45) is 0 Å². The van der Waals surface area contributed by atoms with E-state index in [1.54, 1.807) is 18.1 Å². The van der Waals surface area contributed by atoms with Gasteiger partial charge >= 0.3 is 0 Å². The number of amides is 1. The van der Waals surface area contributed by atoms with E-state index in [2.05, 4.69) is 12.5 Å². The Balaban J connectivity index is 2.97. The lowest BCUT2D eigenvalue weighted by Crippen LogP contribution is -2.55. The Morgan fingerprint density at radius 2 is 2.00 bits per heavy atom. The van der Waals surface area contributed by atoms with Crippen LogP contribution in [-0.4, -0.2) is 48.7 Å². The third-order valence-electron chi connectivity index (χ3n) is 5.11. The van der Waals surface area contributed by atoms with Crippen molar-refractivity contribution in [3.63, 3.8) is 0 Å². The highest BCUT2D eigenvalue weighted by atomic mass is 16.7. The summed E-state index contributed by atoms with van der Waals surface area (Å²) in [4.78, 5) is 19.9. The van der Waals surface area contributed by atoms with Crippen LogP contribution in [0.15, 0.2) is 35.5 Å². The summed E-state index contributed by atoms with van der Waals surface area (Å²) < 4.78 is 0. The van der Waals surface area contributed by atoms with Crippen molar-refractivity contribution >= 4 is 5.91 Å². The summed E-state index contributed by atoms with van der Waals surface area (Å²) in [5, 5.41) is 1.88. The van der Waals surface area contributed by atoms with Crippen molar-refractivity contribution in [2.45, 2.75) is 45.6 Å². The summed E-state index contributed by atoms with van der Waals surface area (Å²) in [6, 6.07) is 0. The largest absolute Gasteiger partial charge is 0.329 e. The molecule has 0 N–H and O–H groups in total. The number of hydroxylamine groups is 2. The monoisotopic (exact) mass is 330 g/mol. The first-order valence-electron chi connectivity index (χ1n) is 8.34. The number of terminal acetylenes is 1. The average molecular weight is 330 g/mol. The van der Waals surface area contributed by atoms with Gasteiger partial charge in [-0.3, -0.25) is 4.79 Å². The highest BCUT2D eigenvalue weighted by Gasteiger charge is 2.39. The van der Waals surface area contributed by atoms with E-state index in [-0.39, 0.29) is 5.91 Å². The lowest BCUT2D eigenvalue weighted by Gasteiger charge is -2.43. The molecule has 1 rings (SSSR count). The molecule has 1 saturated heterocycles. The fourth-order valence-electron chi connectivity index (χ4n) is 3.01. The summed E-state index contributed by atoms with van der Waals surface area (Å²) in [6.07, 6.45) is 11.4. The van der Waals surface area contributed by atoms with Crippen molar-refractivity contribution in [1.29, 1.82) is 0 Å². The van der Waals surface area contributed by atoms with Crippen LogP contribution in [0.25, 0.3) is 0 Å². The van der Waals surface area contributed by atoms with Crippen molar-refractivity contribution < 1.29 is 9.63 Å². The molecule has 0 aliphatic carbocycles. The van der Waals surface area contributed by atoms with Crippen molar-refractivity contribution in [2.75, 3.05) is 27.2 Å². The Labute approximate surface area is 146 Å². The first-order valence-corrected chi connectivity index (χ1v) is 8.34. The van der Waals surface area contributed by atoms with Crippen LogP contribution in [0, 0.1) is 12.3 Å². The SMILES string of the molecule is C#CC1(N(C)C(=O)CC(/C(C)=C\C)=C(\C)C=C)CCN(OC)CC1. The number of hydrogen-bond donors (Lipinski definition) is 0. The van der Waals surface area contributed by atoms with Gasteiger partial charge in [-0.15, -0.1) is 6.42 Å². The summed E-state index contributed by atoms with van der Waals surface area (Å²) >= 11 is 0. The third-order valence-corrected chi connectivity index (χ3v) is 5.11. The summed E-state index contributed by atoms with van der Waals surface area (Å²) in [5.41, 5.74) is 2.60. The Morgan fingerprint density at radius 3 is 2.42 bits per heavy atom. The van der Waals surface area contributed by atoms with Gasteiger partial charge in [0.1, 0.15) is 5.54 Å². The van der Waals surface area contributed by atoms with E-state index in [4.69, 9.17) is 11.3 Å². The first kappa shape index (κ1) is 20.2. The third kappa shape index (κ3) is 4.37. The summed E-state index contributed by atoms with van der Waals surface area (Å²) in [7, 11) is 3.48. The molecular weight excluding hydrogens is 300 g/mol. The zero-order valence-corrected chi connectivity index (χ0v) is 15.7. The average Bonchev–Trinajstić information content (AvgIpc) is 2.63. The van der Waals surface area contributed by atoms with Gasteiger partial charge in [0, 0.05) is 20.1 Å². The van der Waals surface area contributed by atoms with Crippen molar-refractivity contribution in [1.82, 2.24) is 9.96 Å². The molecule has 1 aliphatic rings. The molecule has 4 heteroatoms. The number of rotatable bonds is 6. The van der Waals surface area contributed by atoms with Gasteiger partial charge in [0.05, 0.1) is 13.5 Å². The van der Waals surface area contributed by atoms with Crippen LogP contribution in [0.3, 0.4) is 0 Å². The molecule has 0 radical (unpaired) electrons. The smallest absolute Gasteiger partial charge is 0.227 e. The fourth-order valence-corrected chi connectivity index (χ4v) is 3.01. The Kier molecular flexibility index (Phi) is 7.47. The van der Waals surface area contributed by atoms with Crippen molar-refractivity contribution in [3.05, 3.63) is 35.5 Å². The lowest BCUT2D eigenvalue weighted by atomic mass is 9.86. The molecule has 0 saturated carbocycles. The zero-order chi connectivity index (χ0) is 18.3. The maximum Gasteiger partial charge on any atom is 0.227 e. The van der Waals surface area contributed by atoms with Gasteiger partial charge in [0.2, 0.25) is 5.91 Å². The first-order chi connectivity index (χ1) is 11.3. The highest BCUT2D eigenvalue weighted by Crippen LogP contribution is 2.29. The van der Waals surface area contributed by atoms with Crippen LogP contribution in [0.2, 0.25) is 0 Å². The molecule has 4 nitrogen and oxygen atoms in total. The zero-order valence-electron chi connectivity index (χ0n) is 15.7. The number of piperidine rings is 1. The van der Waals surface area contributed by atoms with Gasteiger partial charge in [-0.1, -0.05) is 30.2 Å². The maximum atomic E-state index is 12.9. The molecule has 1 heterocycles. The summed E-state index contributed by atoms with van der Waals surface area (Å²) in [5.74, 6) is 2.91. The minimum absolute atomic E-state index is 0.0382. The second kappa shape index (κ2) is 8.86. The quantitative estimate of drug-likeness (QED) is 0.553. The normalized spacial score (nSPS) is 19.2. The van der Waals surface area contributed by atoms with E-state index >= 15 is 0 Å². The van der Waals surface area contributed by atoms with E-state index in [0.29, 0.717) is 19.3 Å². The highest BCUT2D eigenvalue weighted by molar-refractivity contribution is 5.81. The number of allylic oxidation sites excluding steroid dienone is 4. The van der Waals surface area contributed by atoms with Gasteiger partial charge in [0.15, 0.2) is 0 Å². The lowest BCUT2D eigenvalue weighted by molar-refractivity contribution is -0.161. The number of hydrogen-bond acceptors (Lipinski definition) is 3. The van der Waals surface area contributed by atoms with Crippen LogP contribution >= 0.6 is 0 Å². The maximum absolute atomic E-state index is 12.9. The molecular formula is C20H30N2O2. The fraction of sp³-hybridized carbons (Fsp3) is 0.550. The minimum atomic E-state index is -0.539. The second-order valence-corrected chi connectivity index (χ2v) is 6.25. The van der Waals surface area contributed by atoms with Crippen LogP contribution < -0.4 is 0 Å². The Morgan fingerprint density at radius 1 is 1.42 bits per heavy atom. The van der Waals surface area contributed by atoms with Gasteiger partial charge in [0.25, 0.3) is 0 Å². The predicted molar refractivity (Wildman–Crippen MR) is 99.1 cm³/mol. The summed E-state index contributed by atoms with van der Waals surface area (Å²) in [6.45, 7) is 11.2. The topological polar surface area (TPSA) is 32.8 Å². The molecule has 0 aromatic carbocycles. The van der Waals surface area contributed by atoms with E-state index in [9.17, 15) is 4.79 Å². The second-order valence-electron chi connectivity index (χ2n) is 6.25.